The van der Waals surface area contributed by atoms with E-state index in [0.29, 0.717) is 24.6 Å². The highest BCUT2D eigenvalue weighted by molar-refractivity contribution is 7.15. The van der Waals surface area contributed by atoms with Crippen LogP contribution in [0.1, 0.15) is 48.7 Å². The van der Waals surface area contributed by atoms with Gasteiger partial charge in [-0.2, -0.15) is 0 Å². The molecule has 0 spiro atoms. The number of carbonyl (C=O) groups is 1. The average molecular weight is 456 g/mol. The van der Waals surface area contributed by atoms with Gasteiger partial charge in [-0.3, -0.25) is 4.79 Å². The van der Waals surface area contributed by atoms with E-state index in [1.807, 2.05) is 42.5 Å². The second-order valence-electron chi connectivity index (χ2n) is 8.37. The first-order valence-electron chi connectivity index (χ1n) is 11.4. The molecule has 0 aliphatic heterocycles. The topological polar surface area (TPSA) is 54.9 Å². The number of nitrogens with zero attached hydrogens (tertiary/aromatic N) is 2. The van der Waals surface area contributed by atoms with E-state index in [-0.39, 0.29) is 5.91 Å². The number of aryl methyl sites for hydroxylation is 2. The lowest BCUT2D eigenvalue weighted by Crippen LogP contribution is -2.13. The van der Waals surface area contributed by atoms with E-state index in [4.69, 9.17) is 4.98 Å². The summed E-state index contributed by atoms with van der Waals surface area (Å²) in [5.41, 5.74) is 5.48. The molecule has 0 saturated carbocycles. The Balaban J connectivity index is 1.59. The summed E-state index contributed by atoms with van der Waals surface area (Å²) in [6.45, 7) is 6.50. The number of benzene rings is 2. The van der Waals surface area contributed by atoms with Crippen molar-refractivity contribution in [2.24, 2.45) is 0 Å². The first-order chi connectivity index (χ1) is 16.0. The smallest absolute Gasteiger partial charge is 0.225 e. The summed E-state index contributed by atoms with van der Waals surface area (Å²) in [7, 11) is 0. The van der Waals surface area contributed by atoms with Gasteiger partial charge in [0.1, 0.15) is 5.82 Å². The minimum absolute atomic E-state index is 0.0352. The molecule has 2 aromatic carbocycles. The number of nitrogens with one attached hydrogen (secondary N) is 1. The number of hydrogen-bond acceptors (Lipinski definition) is 4. The third kappa shape index (κ3) is 5.74. The number of amides is 1. The molecule has 4 nitrogen and oxygen atoms in total. The van der Waals surface area contributed by atoms with Gasteiger partial charge in [0, 0.05) is 24.1 Å². The van der Waals surface area contributed by atoms with Crippen molar-refractivity contribution in [1.82, 2.24) is 9.97 Å². The molecule has 1 N–H and O–H groups in total. The summed E-state index contributed by atoms with van der Waals surface area (Å²) in [5.74, 6) is 0.928. The molecule has 168 valence electrons. The Morgan fingerprint density at radius 1 is 1.03 bits per heavy atom. The van der Waals surface area contributed by atoms with E-state index in [1.165, 1.54) is 5.56 Å². The van der Waals surface area contributed by atoms with Gasteiger partial charge in [-0.05, 0) is 49.1 Å². The zero-order valence-electron chi connectivity index (χ0n) is 19.3. The largest absolute Gasteiger partial charge is 0.311 e. The van der Waals surface area contributed by atoms with Gasteiger partial charge in [0.05, 0.1) is 15.6 Å². The Kier molecular flexibility index (Phi) is 7.30. The van der Waals surface area contributed by atoms with Crippen LogP contribution in [0.25, 0.3) is 21.7 Å². The van der Waals surface area contributed by atoms with Gasteiger partial charge in [0.25, 0.3) is 0 Å². The summed E-state index contributed by atoms with van der Waals surface area (Å²) in [6.07, 6.45) is 3.92. The summed E-state index contributed by atoms with van der Waals surface area (Å²) in [6, 6.07) is 22.4. The van der Waals surface area contributed by atoms with Crippen LogP contribution >= 0.6 is 11.3 Å². The number of hydrogen-bond donors (Lipinski definition) is 1. The third-order valence-corrected chi connectivity index (χ3v) is 7.08. The highest BCUT2D eigenvalue weighted by Crippen LogP contribution is 2.40. The van der Waals surface area contributed by atoms with Gasteiger partial charge in [-0.25, -0.2) is 9.97 Å². The fraction of sp³-hybridized carbons (Fsp3) is 0.250. The molecule has 0 aliphatic carbocycles. The molecule has 0 fully saturated rings. The van der Waals surface area contributed by atoms with E-state index in [2.05, 4.69) is 55.3 Å². The lowest BCUT2D eigenvalue weighted by atomic mass is 10.0. The lowest BCUT2D eigenvalue weighted by Gasteiger charge is -2.08. The number of rotatable bonds is 8. The number of anilines is 1. The molecule has 4 rings (SSSR count). The van der Waals surface area contributed by atoms with Crippen LogP contribution in [0.5, 0.6) is 0 Å². The summed E-state index contributed by atoms with van der Waals surface area (Å²) in [4.78, 5) is 23.1. The minimum Gasteiger partial charge on any atom is -0.311 e. The van der Waals surface area contributed by atoms with Crippen LogP contribution in [0.4, 0.5) is 5.82 Å². The predicted octanol–water partition coefficient (Wildman–Crippen LogP) is 7.27. The zero-order valence-corrected chi connectivity index (χ0v) is 20.2. The summed E-state index contributed by atoms with van der Waals surface area (Å²) in [5, 5.41) is 4.10. The average Bonchev–Trinajstić information content (AvgIpc) is 3.29. The quantitative estimate of drug-likeness (QED) is 0.304. The normalized spacial score (nSPS) is 11.8. The Hall–Kier alpha value is -3.31. The van der Waals surface area contributed by atoms with Gasteiger partial charge in [0.15, 0.2) is 0 Å². The monoisotopic (exact) mass is 455 g/mol. The molecule has 0 radical (unpaired) electrons. The van der Waals surface area contributed by atoms with Gasteiger partial charge >= 0.3 is 0 Å². The third-order valence-electron chi connectivity index (χ3n) is 5.74. The Morgan fingerprint density at radius 3 is 2.61 bits per heavy atom. The predicted molar refractivity (Wildman–Crippen MR) is 138 cm³/mol. The standard InChI is InChI=1S/C28H29N3OS/c1-4-20(3)28-31-26(22-12-8-9-19(2)17-22)27(33-28)23-15-16-29-24(18-23)30-25(32)14-13-21-10-6-5-7-11-21/h5-12,15-18,20H,4,13-14H2,1-3H3,(H,29,30,32). The Bertz CT molecular complexity index is 1230. The number of aromatic nitrogens is 2. The fourth-order valence-electron chi connectivity index (χ4n) is 3.65. The number of thiazole rings is 1. The van der Waals surface area contributed by atoms with E-state index in [9.17, 15) is 4.79 Å². The molecule has 4 aromatic rings. The van der Waals surface area contributed by atoms with Gasteiger partial charge in [-0.15, -0.1) is 11.3 Å². The van der Waals surface area contributed by atoms with Crippen LogP contribution in [0.15, 0.2) is 72.9 Å². The first-order valence-corrected chi connectivity index (χ1v) is 12.2. The summed E-state index contributed by atoms with van der Waals surface area (Å²) >= 11 is 1.73. The molecule has 2 aromatic heterocycles. The maximum atomic E-state index is 12.5. The fourth-order valence-corrected chi connectivity index (χ4v) is 4.87. The van der Waals surface area contributed by atoms with Crippen LogP contribution < -0.4 is 5.32 Å². The lowest BCUT2D eigenvalue weighted by molar-refractivity contribution is -0.116. The van der Waals surface area contributed by atoms with Crippen molar-refractivity contribution in [3.8, 4) is 21.7 Å². The molecule has 0 saturated heterocycles. The van der Waals surface area contributed by atoms with Crippen molar-refractivity contribution in [2.75, 3.05) is 5.32 Å². The maximum Gasteiger partial charge on any atom is 0.225 e. The Labute approximate surface area is 199 Å². The summed E-state index contributed by atoms with van der Waals surface area (Å²) < 4.78 is 0. The zero-order chi connectivity index (χ0) is 23.2. The van der Waals surface area contributed by atoms with Crippen LogP contribution in [0.3, 0.4) is 0 Å². The minimum atomic E-state index is -0.0352. The first kappa shape index (κ1) is 22.9. The molecular formula is C28H29N3OS. The second-order valence-corrected chi connectivity index (χ2v) is 9.40. The van der Waals surface area contributed by atoms with E-state index < -0.39 is 0 Å². The van der Waals surface area contributed by atoms with Crippen LogP contribution in [-0.4, -0.2) is 15.9 Å². The van der Waals surface area contributed by atoms with Crippen molar-refractivity contribution in [1.29, 1.82) is 0 Å². The number of pyridine rings is 1. The second kappa shape index (κ2) is 10.5. The van der Waals surface area contributed by atoms with Crippen LogP contribution in [0.2, 0.25) is 0 Å². The van der Waals surface area contributed by atoms with Crippen molar-refractivity contribution in [3.63, 3.8) is 0 Å². The van der Waals surface area contributed by atoms with Gasteiger partial charge in [-0.1, -0.05) is 67.9 Å². The molecule has 0 bridgehead atoms. The SMILES string of the molecule is CCC(C)c1nc(-c2cccc(C)c2)c(-c2ccnc(NC(=O)CCc3ccccc3)c2)s1. The molecule has 5 heteroatoms. The van der Waals surface area contributed by atoms with Crippen LogP contribution in [-0.2, 0) is 11.2 Å². The van der Waals surface area contributed by atoms with E-state index in [1.54, 1.807) is 17.5 Å². The molecule has 1 unspecified atom stereocenters. The molecule has 1 amide bonds. The Morgan fingerprint density at radius 2 is 1.85 bits per heavy atom. The van der Waals surface area contributed by atoms with Gasteiger partial charge in [0.2, 0.25) is 5.91 Å². The molecule has 33 heavy (non-hydrogen) atoms. The van der Waals surface area contributed by atoms with Crippen LogP contribution in [0, 0.1) is 6.92 Å². The molecule has 2 heterocycles. The van der Waals surface area contributed by atoms with Crippen molar-refractivity contribution in [2.45, 2.75) is 46.0 Å². The van der Waals surface area contributed by atoms with E-state index >= 15 is 0 Å². The molecule has 0 aliphatic rings. The van der Waals surface area contributed by atoms with E-state index in [0.717, 1.165) is 38.7 Å². The van der Waals surface area contributed by atoms with Crippen molar-refractivity contribution < 1.29 is 4.79 Å². The molecule has 1 atom stereocenters. The van der Waals surface area contributed by atoms with Crippen molar-refractivity contribution >= 4 is 23.1 Å². The molecular weight excluding hydrogens is 426 g/mol. The highest BCUT2D eigenvalue weighted by atomic mass is 32.1. The highest BCUT2D eigenvalue weighted by Gasteiger charge is 2.18. The number of carbonyl (C=O) groups excluding carboxylic acids is 1. The maximum absolute atomic E-state index is 12.5. The van der Waals surface area contributed by atoms with Gasteiger partial charge < -0.3 is 5.32 Å². The van der Waals surface area contributed by atoms with Crippen molar-refractivity contribution in [3.05, 3.63) is 89.1 Å².